The van der Waals surface area contributed by atoms with Crippen LogP contribution in [0.5, 0.6) is 0 Å². The fourth-order valence-electron chi connectivity index (χ4n) is 1.55. The number of aliphatic hydroxyl groups excluding tert-OH is 1. The molecule has 0 aliphatic heterocycles. The summed E-state index contributed by atoms with van der Waals surface area (Å²) >= 11 is 0. The molecule has 2 heteroatoms. The van der Waals surface area contributed by atoms with Crippen LogP contribution in [0.3, 0.4) is 0 Å². The molecule has 0 amide bonds. The van der Waals surface area contributed by atoms with Crippen LogP contribution in [0.25, 0.3) is 6.08 Å². The van der Waals surface area contributed by atoms with E-state index in [0.29, 0.717) is 12.5 Å². The van der Waals surface area contributed by atoms with Crippen LogP contribution in [-0.2, 0) is 11.3 Å². The smallest absolute Gasteiger partial charge is 0.0713 e. The molecule has 0 bridgehead atoms. The van der Waals surface area contributed by atoms with E-state index in [-0.39, 0.29) is 6.61 Å². The molecular weight excluding hydrogens is 200 g/mol. The van der Waals surface area contributed by atoms with E-state index >= 15 is 0 Å². The third-order valence-corrected chi connectivity index (χ3v) is 2.54. The first-order valence-electron chi connectivity index (χ1n) is 5.56. The van der Waals surface area contributed by atoms with Gasteiger partial charge in [-0.05, 0) is 28.7 Å². The Morgan fingerprint density at radius 2 is 2.19 bits per heavy atom. The van der Waals surface area contributed by atoms with Crippen molar-refractivity contribution in [2.24, 2.45) is 5.92 Å². The number of aliphatic hydroxyl groups is 1. The van der Waals surface area contributed by atoms with E-state index in [0.717, 1.165) is 16.7 Å². The van der Waals surface area contributed by atoms with E-state index in [1.165, 1.54) is 0 Å². The monoisotopic (exact) mass is 220 g/mol. The predicted octanol–water partition coefficient (Wildman–Crippen LogP) is 2.86. The lowest BCUT2D eigenvalue weighted by atomic mass is 10.0. The molecule has 1 N–H and O–H groups in total. The molecule has 2 nitrogen and oxygen atoms in total. The van der Waals surface area contributed by atoms with Gasteiger partial charge in [-0.1, -0.05) is 38.1 Å². The normalized spacial score (nSPS) is 12.2. The van der Waals surface area contributed by atoms with Crippen LogP contribution in [0.15, 0.2) is 29.8 Å². The molecule has 0 unspecified atom stereocenters. The van der Waals surface area contributed by atoms with Gasteiger partial charge in [-0.25, -0.2) is 0 Å². The average molecular weight is 220 g/mol. The lowest BCUT2D eigenvalue weighted by Gasteiger charge is -2.08. The number of methoxy groups -OCH3 is 1. The Kier molecular flexibility index (Phi) is 5.23. The van der Waals surface area contributed by atoms with E-state index in [2.05, 4.69) is 19.9 Å². The fraction of sp³-hybridized carbons (Fsp3) is 0.429. The van der Waals surface area contributed by atoms with Gasteiger partial charge < -0.3 is 9.84 Å². The minimum atomic E-state index is 0.117. The molecule has 0 heterocycles. The molecule has 0 aromatic heterocycles. The van der Waals surface area contributed by atoms with Crippen LogP contribution in [-0.4, -0.2) is 18.8 Å². The van der Waals surface area contributed by atoms with Crippen molar-refractivity contribution in [3.05, 3.63) is 41.0 Å². The Hall–Kier alpha value is -1.12. The second-order valence-corrected chi connectivity index (χ2v) is 4.21. The lowest BCUT2D eigenvalue weighted by Crippen LogP contribution is -1.99. The molecule has 0 fully saturated rings. The van der Waals surface area contributed by atoms with Crippen molar-refractivity contribution in [2.45, 2.75) is 20.5 Å². The van der Waals surface area contributed by atoms with Gasteiger partial charge in [0.15, 0.2) is 0 Å². The maximum atomic E-state index is 9.24. The van der Waals surface area contributed by atoms with Crippen LogP contribution in [0.1, 0.15) is 25.0 Å². The molecule has 0 radical (unpaired) electrons. The van der Waals surface area contributed by atoms with Gasteiger partial charge >= 0.3 is 0 Å². The molecule has 0 saturated heterocycles. The van der Waals surface area contributed by atoms with E-state index < -0.39 is 0 Å². The molecule has 1 aromatic rings. The SMILES string of the molecule is COCc1cccc(C=C(CO)C(C)C)c1. The summed E-state index contributed by atoms with van der Waals surface area (Å²) in [6.07, 6.45) is 2.05. The molecule has 0 aliphatic rings. The molecule has 0 aliphatic carbocycles. The Balaban J connectivity index is 2.91. The highest BCUT2D eigenvalue weighted by atomic mass is 16.5. The predicted molar refractivity (Wildman–Crippen MR) is 67.1 cm³/mol. The maximum Gasteiger partial charge on any atom is 0.0713 e. The maximum absolute atomic E-state index is 9.24. The highest BCUT2D eigenvalue weighted by Crippen LogP contribution is 2.15. The molecule has 0 spiro atoms. The van der Waals surface area contributed by atoms with Crippen LogP contribution in [0.4, 0.5) is 0 Å². The number of hydrogen-bond donors (Lipinski definition) is 1. The first kappa shape index (κ1) is 12.9. The minimum Gasteiger partial charge on any atom is -0.392 e. The number of rotatable bonds is 5. The summed E-state index contributed by atoms with van der Waals surface area (Å²) in [6.45, 7) is 4.91. The summed E-state index contributed by atoms with van der Waals surface area (Å²) in [4.78, 5) is 0. The minimum absolute atomic E-state index is 0.117. The highest BCUT2D eigenvalue weighted by molar-refractivity contribution is 5.54. The van der Waals surface area contributed by atoms with Crippen molar-refractivity contribution in [1.29, 1.82) is 0 Å². The average Bonchev–Trinajstić information content (AvgIpc) is 2.26. The van der Waals surface area contributed by atoms with Crippen LogP contribution in [0.2, 0.25) is 0 Å². The molecular formula is C14H20O2. The zero-order valence-electron chi connectivity index (χ0n) is 10.2. The van der Waals surface area contributed by atoms with Crippen molar-refractivity contribution < 1.29 is 9.84 Å². The number of benzene rings is 1. The number of hydrogen-bond acceptors (Lipinski definition) is 2. The van der Waals surface area contributed by atoms with Crippen LogP contribution < -0.4 is 0 Å². The van der Waals surface area contributed by atoms with Gasteiger partial charge in [-0.15, -0.1) is 0 Å². The van der Waals surface area contributed by atoms with Crippen molar-refractivity contribution >= 4 is 6.08 Å². The Bertz CT molecular complexity index is 354. The summed E-state index contributed by atoms with van der Waals surface area (Å²) in [5.74, 6) is 0.371. The second-order valence-electron chi connectivity index (χ2n) is 4.21. The van der Waals surface area contributed by atoms with Crippen molar-refractivity contribution in [3.8, 4) is 0 Å². The fourth-order valence-corrected chi connectivity index (χ4v) is 1.55. The zero-order valence-corrected chi connectivity index (χ0v) is 10.2. The van der Waals surface area contributed by atoms with Crippen molar-refractivity contribution in [2.75, 3.05) is 13.7 Å². The molecule has 0 atom stereocenters. The van der Waals surface area contributed by atoms with Crippen LogP contribution >= 0.6 is 0 Å². The molecule has 0 saturated carbocycles. The first-order valence-corrected chi connectivity index (χ1v) is 5.56. The topological polar surface area (TPSA) is 29.5 Å². The van der Waals surface area contributed by atoms with Crippen molar-refractivity contribution in [1.82, 2.24) is 0 Å². The van der Waals surface area contributed by atoms with E-state index in [9.17, 15) is 5.11 Å². The van der Waals surface area contributed by atoms with Crippen molar-refractivity contribution in [3.63, 3.8) is 0 Å². The summed E-state index contributed by atoms with van der Waals surface area (Å²) in [7, 11) is 1.69. The highest BCUT2D eigenvalue weighted by Gasteiger charge is 2.02. The van der Waals surface area contributed by atoms with Gasteiger partial charge in [-0.3, -0.25) is 0 Å². The van der Waals surface area contributed by atoms with Gasteiger partial charge in [0, 0.05) is 7.11 Å². The Morgan fingerprint density at radius 3 is 2.75 bits per heavy atom. The third-order valence-electron chi connectivity index (χ3n) is 2.54. The van der Waals surface area contributed by atoms with Gasteiger partial charge in [0.25, 0.3) is 0 Å². The van der Waals surface area contributed by atoms with Crippen LogP contribution in [0, 0.1) is 5.92 Å². The third kappa shape index (κ3) is 3.80. The zero-order chi connectivity index (χ0) is 12.0. The second kappa shape index (κ2) is 6.46. The summed E-state index contributed by atoms with van der Waals surface area (Å²) < 4.78 is 5.09. The molecule has 1 rings (SSSR count). The lowest BCUT2D eigenvalue weighted by molar-refractivity contribution is 0.185. The molecule has 16 heavy (non-hydrogen) atoms. The Labute approximate surface area is 97.6 Å². The quantitative estimate of drug-likeness (QED) is 0.826. The Morgan fingerprint density at radius 1 is 1.44 bits per heavy atom. The molecule has 1 aromatic carbocycles. The summed E-state index contributed by atoms with van der Waals surface area (Å²) in [6, 6.07) is 8.17. The standard InChI is InChI=1S/C14H20O2/c1-11(2)14(9-15)8-12-5-4-6-13(7-12)10-16-3/h4-8,11,15H,9-10H2,1-3H3. The van der Waals surface area contributed by atoms with E-state index in [1.807, 2.05) is 24.3 Å². The van der Waals surface area contributed by atoms with E-state index in [1.54, 1.807) is 7.11 Å². The van der Waals surface area contributed by atoms with Gasteiger partial charge in [0.05, 0.1) is 13.2 Å². The van der Waals surface area contributed by atoms with Gasteiger partial charge in [-0.2, -0.15) is 0 Å². The van der Waals surface area contributed by atoms with E-state index in [4.69, 9.17) is 4.74 Å². The summed E-state index contributed by atoms with van der Waals surface area (Å²) in [5, 5.41) is 9.24. The number of ether oxygens (including phenoxy) is 1. The summed E-state index contributed by atoms with van der Waals surface area (Å²) in [5.41, 5.74) is 3.32. The largest absolute Gasteiger partial charge is 0.392 e. The molecule has 88 valence electrons. The first-order chi connectivity index (χ1) is 7.67. The van der Waals surface area contributed by atoms with Gasteiger partial charge in [0.1, 0.15) is 0 Å². The van der Waals surface area contributed by atoms with Gasteiger partial charge in [0.2, 0.25) is 0 Å².